The van der Waals surface area contributed by atoms with Gasteiger partial charge in [-0.05, 0) is 118 Å². The molecule has 2 aliphatic rings. The lowest BCUT2D eigenvalue weighted by molar-refractivity contribution is -0.145. The number of phenols is 1. The van der Waals surface area contributed by atoms with Crippen LogP contribution < -0.4 is 10.7 Å². The molecule has 2 aliphatic heterocycles. The minimum Gasteiger partial charge on any atom is -0.508 e. The highest BCUT2D eigenvalue weighted by atomic mass is 16.6. The first kappa shape index (κ1) is 51.4. The fourth-order valence-electron chi connectivity index (χ4n) is 9.73. The molecule has 4 amide bonds. The normalized spacial score (nSPS) is 16.7. The molecule has 16 heteroatoms. The third kappa shape index (κ3) is 11.8. The van der Waals surface area contributed by atoms with Crippen LogP contribution in [0.3, 0.4) is 0 Å². The Bertz CT molecular complexity index is 2440. The lowest BCUT2D eigenvalue weighted by Gasteiger charge is -2.35. The van der Waals surface area contributed by atoms with E-state index in [9.17, 15) is 29.1 Å². The predicted molar refractivity (Wildman–Crippen MR) is 260 cm³/mol. The van der Waals surface area contributed by atoms with E-state index in [4.69, 9.17) is 19.2 Å². The van der Waals surface area contributed by atoms with E-state index in [1.165, 1.54) is 9.80 Å². The molecular weight excluding hydrogens is 867 g/mol. The Balaban J connectivity index is 1.36. The Hall–Kier alpha value is -6.00. The van der Waals surface area contributed by atoms with Gasteiger partial charge in [-0.15, -0.1) is 0 Å². The molecule has 0 radical (unpaired) electrons. The second-order valence-electron chi connectivity index (χ2n) is 19.6. The number of amides is 4. The van der Waals surface area contributed by atoms with Crippen molar-refractivity contribution in [3.63, 3.8) is 0 Å². The summed E-state index contributed by atoms with van der Waals surface area (Å²) in [5.41, 5.74) is 9.66. The average Bonchev–Trinajstić information content (AvgIpc) is 3.93. The average molecular weight is 938 g/mol. The number of carbonyl (C=O) groups excluding carboxylic acids is 5. The van der Waals surface area contributed by atoms with Crippen molar-refractivity contribution in [3.8, 4) is 28.1 Å². The molecule has 0 bridgehead atoms. The summed E-state index contributed by atoms with van der Waals surface area (Å²) < 4.78 is 18.7. The number of fused-ring (bicyclic) bond motifs is 1. The molecule has 0 spiro atoms. The van der Waals surface area contributed by atoms with E-state index in [1.54, 1.807) is 51.3 Å². The van der Waals surface area contributed by atoms with Crippen molar-refractivity contribution in [2.45, 2.75) is 118 Å². The van der Waals surface area contributed by atoms with E-state index in [2.05, 4.69) is 54.3 Å². The molecule has 2 aromatic heterocycles. The molecule has 4 atom stereocenters. The van der Waals surface area contributed by atoms with Crippen molar-refractivity contribution in [1.29, 1.82) is 0 Å². The summed E-state index contributed by atoms with van der Waals surface area (Å²) in [7, 11) is 3.26. The number of likely N-dealkylation sites (N-methyl/N-ethyl adjacent to an activating group) is 1. The van der Waals surface area contributed by atoms with Gasteiger partial charge < -0.3 is 39.0 Å². The monoisotopic (exact) mass is 938 g/mol. The Morgan fingerprint density at radius 1 is 1.03 bits per heavy atom. The van der Waals surface area contributed by atoms with Crippen LogP contribution in [0.15, 0.2) is 54.7 Å². The number of pyridine rings is 1. The van der Waals surface area contributed by atoms with E-state index in [-0.39, 0.29) is 55.3 Å². The molecule has 4 unspecified atom stereocenters. The van der Waals surface area contributed by atoms with Crippen LogP contribution in [0, 0.1) is 17.3 Å². The zero-order valence-corrected chi connectivity index (χ0v) is 41.5. The maximum Gasteiger partial charge on any atom is 0.410 e. The van der Waals surface area contributed by atoms with Gasteiger partial charge in [-0.3, -0.25) is 29.2 Å². The fourth-order valence-corrected chi connectivity index (χ4v) is 9.73. The molecule has 368 valence electrons. The number of benzene rings is 2. The summed E-state index contributed by atoms with van der Waals surface area (Å²) in [5.74, 6) is -1.90. The van der Waals surface area contributed by atoms with Crippen molar-refractivity contribution in [3.05, 3.63) is 71.5 Å². The van der Waals surface area contributed by atoms with Crippen LogP contribution in [0.2, 0.25) is 0 Å². The summed E-state index contributed by atoms with van der Waals surface area (Å²) in [6.07, 6.45) is 3.47. The molecule has 3 N–H and O–H groups in total. The topological polar surface area (TPSA) is 185 Å². The number of ether oxygens (including phenoxy) is 3. The molecule has 0 aliphatic carbocycles. The van der Waals surface area contributed by atoms with Crippen LogP contribution in [-0.4, -0.2) is 125 Å². The van der Waals surface area contributed by atoms with Crippen molar-refractivity contribution in [1.82, 2.24) is 35.1 Å². The summed E-state index contributed by atoms with van der Waals surface area (Å²) in [6.45, 7) is 18.4. The first-order chi connectivity index (χ1) is 32.4. The van der Waals surface area contributed by atoms with E-state index in [1.807, 2.05) is 39.0 Å². The molecular formula is C52H71N7O9. The number of hydrogen-bond donors (Lipinski definition) is 3. The van der Waals surface area contributed by atoms with E-state index in [0.717, 1.165) is 51.8 Å². The molecule has 2 aromatic carbocycles. The summed E-state index contributed by atoms with van der Waals surface area (Å²) in [4.78, 5) is 74.5. The third-order valence-corrected chi connectivity index (χ3v) is 13.1. The summed E-state index contributed by atoms with van der Waals surface area (Å²) in [5, 5.41) is 16.9. The molecule has 0 saturated carbocycles. The van der Waals surface area contributed by atoms with Crippen LogP contribution in [0.1, 0.15) is 97.6 Å². The smallest absolute Gasteiger partial charge is 0.410 e. The molecule has 4 heterocycles. The van der Waals surface area contributed by atoms with Crippen LogP contribution in [-0.2, 0) is 52.8 Å². The Labute approximate surface area is 400 Å². The largest absolute Gasteiger partial charge is 0.508 e. The first-order valence-corrected chi connectivity index (χ1v) is 24.0. The zero-order valence-electron chi connectivity index (χ0n) is 41.5. The molecule has 4 aromatic rings. The number of hydrazine groups is 1. The number of hydrogen-bond acceptors (Lipinski definition) is 11. The summed E-state index contributed by atoms with van der Waals surface area (Å²) in [6, 6.07) is 13.5. The number of phenolic OH excluding ortho intramolecular Hbond substituents is 1. The number of carbonyl (C=O) groups is 5. The maximum absolute atomic E-state index is 14.5. The minimum absolute atomic E-state index is 0.00719. The van der Waals surface area contributed by atoms with Gasteiger partial charge in [0.15, 0.2) is 0 Å². The van der Waals surface area contributed by atoms with Crippen LogP contribution >= 0.6 is 0 Å². The van der Waals surface area contributed by atoms with Gasteiger partial charge in [0.25, 0.3) is 12.4 Å². The van der Waals surface area contributed by atoms with Crippen molar-refractivity contribution < 1.29 is 43.3 Å². The van der Waals surface area contributed by atoms with Crippen molar-refractivity contribution in [2.24, 2.45) is 17.3 Å². The number of aryl methyl sites for hydroxylation is 1. The van der Waals surface area contributed by atoms with Crippen LogP contribution in [0.25, 0.3) is 33.3 Å². The first-order valence-electron chi connectivity index (χ1n) is 24.0. The predicted octanol–water partition coefficient (Wildman–Crippen LogP) is 7.05. The third-order valence-electron chi connectivity index (χ3n) is 13.1. The highest BCUT2D eigenvalue weighted by Crippen LogP contribution is 2.42. The highest BCUT2D eigenvalue weighted by molar-refractivity contribution is 5.96. The number of likely N-dealkylation sites (tertiary alicyclic amines) is 1. The Morgan fingerprint density at radius 3 is 2.46 bits per heavy atom. The van der Waals surface area contributed by atoms with Crippen LogP contribution in [0.4, 0.5) is 4.79 Å². The van der Waals surface area contributed by atoms with E-state index >= 15 is 0 Å². The van der Waals surface area contributed by atoms with Gasteiger partial charge in [0.1, 0.15) is 17.8 Å². The lowest BCUT2D eigenvalue weighted by Crippen LogP contribution is -2.59. The number of nitrogens with zero attached hydrogens (tertiary/aromatic N) is 5. The van der Waals surface area contributed by atoms with E-state index < -0.39 is 35.4 Å². The Morgan fingerprint density at radius 2 is 1.79 bits per heavy atom. The lowest BCUT2D eigenvalue weighted by atomic mass is 9.84. The van der Waals surface area contributed by atoms with Crippen molar-refractivity contribution >= 4 is 41.2 Å². The molecule has 2 fully saturated rings. The second-order valence-corrected chi connectivity index (χ2v) is 19.6. The number of methoxy groups -OCH3 is 1. The summed E-state index contributed by atoms with van der Waals surface area (Å²) >= 11 is 0. The SMILES string of the molecule is CCn1c(-c2cccnc2C(C)OC)c(CC(C)(C)COC=O)c2cc(-c3cc(O)cc(CC(NC(=O)C(C(C)C)N(C)C(=O)C4CCN(C(=O)OC(C)C)C4)C(=O)N4CCCCN4)c3)ccc21. The number of aromatic nitrogens is 2. The van der Waals surface area contributed by atoms with Gasteiger partial charge in [0.2, 0.25) is 11.8 Å². The van der Waals surface area contributed by atoms with Gasteiger partial charge in [-0.2, -0.15) is 0 Å². The second kappa shape index (κ2) is 22.4. The highest BCUT2D eigenvalue weighted by Gasteiger charge is 2.40. The minimum atomic E-state index is -1.05. The standard InChI is InChI=1S/C52H71N7O9/c1-11-58-44-17-16-36(27-41(44)42(28-52(7,8)30-67-31-60)47(58)40-15-14-19-53-45(40)34(6)66-10)38-23-35(24-39(61)26-38)25-43(50(64)59-21-13-12-20-54-59)55-48(62)46(32(2)3)56(9)49(63)37-18-22-57(29-37)51(65)68-33(4)5/h14-17,19,23-24,26-27,31-34,37,43,46,54,61H,11-13,18,20-22,25,28-30H2,1-10H3,(H,55,62). The van der Waals surface area contributed by atoms with Gasteiger partial charge in [-0.25, -0.2) is 10.2 Å². The number of nitrogens with one attached hydrogen (secondary N) is 2. The Kier molecular flexibility index (Phi) is 16.9. The molecule has 68 heavy (non-hydrogen) atoms. The maximum atomic E-state index is 14.5. The van der Waals surface area contributed by atoms with Crippen LogP contribution in [0.5, 0.6) is 5.75 Å². The molecule has 2 saturated heterocycles. The quantitative estimate of drug-likeness (QED) is 0.0819. The van der Waals surface area contributed by atoms with Gasteiger partial charge in [-0.1, -0.05) is 39.8 Å². The molecule has 16 nitrogen and oxygen atoms in total. The molecule has 6 rings (SSSR count). The van der Waals surface area contributed by atoms with Gasteiger partial charge >= 0.3 is 6.09 Å². The van der Waals surface area contributed by atoms with Gasteiger partial charge in [0, 0.05) is 81.4 Å². The van der Waals surface area contributed by atoms with E-state index in [0.29, 0.717) is 56.6 Å². The number of rotatable bonds is 19. The zero-order chi connectivity index (χ0) is 49.4. The number of aromatic hydroxyl groups is 1. The van der Waals surface area contributed by atoms with Gasteiger partial charge in [0.05, 0.1) is 36.1 Å². The van der Waals surface area contributed by atoms with Crippen molar-refractivity contribution in [2.75, 3.05) is 46.9 Å². The fraction of sp³-hybridized carbons (Fsp3) is 0.538.